The molecule has 0 bridgehead atoms. The fourth-order valence-corrected chi connectivity index (χ4v) is 4.43. The summed E-state index contributed by atoms with van der Waals surface area (Å²) in [6.45, 7) is 6.17. The quantitative estimate of drug-likeness (QED) is 0.220. The molecule has 0 aliphatic heterocycles. The summed E-state index contributed by atoms with van der Waals surface area (Å²) in [5, 5.41) is 1.42. The van der Waals surface area contributed by atoms with Crippen molar-refractivity contribution in [2.45, 2.75) is 27.3 Å². The topological polar surface area (TPSA) is 66.8 Å². The second-order valence-electron chi connectivity index (χ2n) is 8.82. The molecular formula is C31H31NO5. The third-order valence-electron chi connectivity index (χ3n) is 6.36. The molecule has 190 valence electrons. The van der Waals surface area contributed by atoms with Gasteiger partial charge in [-0.2, -0.15) is 0 Å². The Hall–Kier alpha value is -4.32. The van der Waals surface area contributed by atoms with Crippen molar-refractivity contribution in [2.75, 3.05) is 20.8 Å². The molecule has 1 heterocycles. The van der Waals surface area contributed by atoms with Crippen LogP contribution in [0.25, 0.3) is 28.0 Å². The molecule has 4 rings (SSSR count). The van der Waals surface area contributed by atoms with Gasteiger partial charge in [-0.15, -0.1) is 0 Å². The molecule has 37 heavy (non-hydrogen) atoms. The smallest absolute Gasteiger partial charge is 0.333 e. The Bertz CT molecular complexity index is 1550. The second-order valence-corrected chi connectivity index (χ2v) is 8.82. The molecule has 0 radical (unpaired) electrons. The molecule has 0 spiro atoms. The first kappa shape index (κ1) is 25.8. The molecular weight excluding hydrogens is 466 g/mol. The minimum absolute atomic E-state index is 0.130. The van der Waals surface area contributed by atoms with Gasteiger partial charge in [-0.05, 0) is 67.1 Å². The van der Waals surface area contributed by atoms with E-state index in [1.807, 2.05) is 54.7 Å². The van der Waals surface area contributed by atoms with Crippen LogP contribution >= 0.6 is 0 Å². The summed E-state index contributed by atoms with van der Waals surface area (Å²) < 4.78 is 17.7. The summed E-state index contributed by atoms with van der Waals surface area (Å²) >= 11 is 0. The zero-order chi connectivity index (χ0) is 26.5. The van der Waals surface area contributed by atoms with Crippen molar-refractivity contribution >= 4 is 22.8 Å². The maximum atomic E-state index is 13.8. The average molecular weight is 498 g/mol. The highest BCUT2D eigenvalue weighted by atomic mass is 16.5. The molecule has 0 unspecified atom stereocenters. The summed E-state index contributed by atoms with van der Waals surface area (Å²) in [5.41, 5.74) is 5.07. The van der Waals surface area contributed by atoms with Crippen LogP contribution in [0.4, 0.5) is 0 Å². The Labute approximate surface area is 216 Å². The van der Waals surface area contributed by atoms with E-state index in [0.29, 0.717) is 35.6 Å². The lowest BCUT2D eigenvalue weighted by molar-refractivity contribution is -0.138. The third-order valence-corrected chi connectivity index (χ3v) is 6.36. The molecule has 1 aromatic heterocycles. The van der Waals surface area contributed by atoms with Crippen LogP contribution in [0.3, 0.4) is 0 Å². The summed E-state index contributed by atoms with van der Waals surface area (Å²) in [4.78, 5) is 25.9. The van der Waals surface area contributed by atoms with Gasteiger partial charge in [0.2, 0.25) is 0 Å². The first-order chi connectivity index (χ1) is 17.9. The van der Waals surface area contributed by atoms with Crippen molar-refractivity contribution in [3.8, 4) is 22.6 Å². The van der Waals surface area contributed by atoms with E-state index in [4.69, 9.17) is 14.2 Å². The van der Waals surface area contributed by atoms with E-state index in [1.54, 1.807) is 38.7 Å². The number of fused-ring (bicyclic) bond motifs is 1. The first-order valence-electron chi connectivity index (χ1n) is 12.2. The lowest BCUT2D eigenvalue weighted by atomic mass is 9.95. The third kappa shape index (κ3) is 5.43. The van der Waals surface area contributed by atoms with Gasteiger partial charge in [0.15, 0.2) is 0 Å². The van der Waals surface area contributed by atoms with E-state index in [9.17, 15) is 9.59 Å². The molecule has 0 N–H and O–H groups in total. The maximum absolute atomic E-state index is 13.8. The summed E-state index contributed by atoms with van der Waals surface area (Å²) in [6.07, 6.45) is 3.66. The molecule has 0 atom stereocenters. The Kier molecular flexibility index (Phi) is 7.77. The molecule has 0 saturated carbocycles. The number of methoxy groups -OCH3 is 2. The largest absolute Gasteiger partial charge is 0.497 e. The van der Waals surface area contributed by atoms with Gasteiger partial charge in [-0.1, -0.05) is 36.4 Å². The van der Waals surface area contributed by atoms with Gasteiger partial charge in [0.05, 0.1) is 27.4 Å². The average Bonchev–Trinajstić information content (AvgIpc) is 2.91. The van der Waals surface area contributed by atoms with Crippen LogP contribution in [0, 0.1) is 6.92 Å². The monoisotopic (exact) mass is 497 g/mol. The van der Waals surface area contributed by atoms with Crippen LogP contribution in [0.1, 0.15) is 30.5 Å². The van der Waals surface area contributed by atoms with Gasteiger partial charge < -0.3 is 18.8 Å². The highest BCUT2D eigenvalue weighted by Crippen LogP contribution is 2.31. The standard InChI is InChI=1S/C31H31NO5/c1-6-37-31(34)21(3)15-22-11-14-26-27(16-22)30(33)32(19-28(26)25-10-8-7-9-20(25)2)18-23-12-13-24(35-4)17-29(23)36-5/h7-17,19H,6,18H2,1-5H3/b21-15+. The van der Waals surface area contributed by atoms with E-state index in [1.165, 1.54) is 0 Å². The number of carbonyl (C=O) groups is 1. The number of ether oxygens (including phenoxy) is 3. The van der Waals surface area contributed by atoms with E-state index in [-0.39, 0.29) is 11.5 Å². The summed E-state index contributed by atoms with van der Waals surface area (Å²) in [7, 11) is 3.21. The Morgan fingerprint density at radius 1 is 0.946 bits per heavy atom. The van der Waals surface area contributed by atoms with Gasteiger partial charge in [-0.25, -0.2) is 4.79 Å². The van der Waals surface area contributed by atoms with Gasteiger partial charge in [0, 0.05) is 34.3 Å². The number of aryl methyl sites for hydroxylation is 1. The highest BCUT2D eigenvalue weighted by molar-refractivity contribution is 5.98. The number of esters is 1. The first-order valence-corrected chi connectivity index (χ1v) is 12.2. The van der Waals surface area contributed by atoms with Crippen molar-refractivity contribution in [2.24, 2.45) is 0 Å². The molecule has 6 heteroatoms. The van der Waals surface area contributed by atoms with Crippen molar-refractivity contribution in [1.82, 2.24) is 4.57 Å². The van der Waals surface area contributed by atoms with Gasteiger partial charge in [0.1, 0.15) is 11.5 Å². The lowest BCUT2D eigenvalue weighted by Gasteiger charge is -2.16. The number of benzene rings is 3. The van der Waals surface area contributed by atoms with E-state index in [0.717, 1.165) is 33.2 Å². The number of hydrogen-bond donors (Lipinski definition) is 0. The molecule has 0 fully saturated rings. The summed E-state index contributed by atoms with van der Waals surface area (Å²) in [6, 6.07) is 19.4. The van der Waals surface area contributed by atoms with Crippen molar-refractivity contribution in [1.29, 1.82) is 0 Å². The van der Waals surface area contributed by atoms with E-state index >= 15 is 0 Å². The highest BCUT2D eigenvalue weighted by Gasteiger charge is 2.15. The Morgan fingerprint density at radius 2 is 1.73 bits per heavy atom. The van der Waals surface area contributed by atoms with Crippen molar-refractivity contribution < 1.29 is 19.0 Å². The van der Waals surface area contributed by atoms with E-state index < -0.39 is 0 Å². The number of carbonyl (C=O) groups excluding carboxylic acids is 1. The minimum Gasteiger partial charge on any atom is -0.497 e. The number of aromatic nitrogens is 1. The maximum Gasteiger partial charge on any atom is 0.333 e. The number of pyridine rings is 1. The number of rotatable bonds is 8. The second kappa shape index (κ2) is 11.2. The Balaban J connectivity index is 1.92. The minimum atomic E-state index is -0.375. The lowest BCUT2D eigenvalue weighted by Crippen LogP contribution is -2.21. The van der Waals surface area contributed by atoms with Crippen LogP contribution in [-0.4, -0.2) is 31.4 Å². The molecule has 6 nitrogen and oxygen atoms in total. The zero-order valence-corrected chi connectivity index (χ0v) is 21.8. The fraction of sp³-hybridized carbons (Fsp3) is 0.226. The van der Waals surface area contributed by atoms with E-state index in [2.05, 4.69) is 19.1 Å². The van der Waals surface area contributed by atoms with Gasteiger partial charge >= 0.3 is 5.97 Å². The van der Waals surface area contributed by atoms with Crippen LogP contribution in [0.15, 0.2) is 77.2 Å². The SMILES string of the molecule is CCOC(=O)/C(C)=C/c1ccc2c(-c3ccccc3C)cn(Cc3ccc(OC)cc3OC)c(=O)c2c1. The number of nitrogens with zero attached hydrogens (tertiary/aromatic N) is 1. The zero-order valence-electron chi connectivity index (χ0n) is 21.8. The van der Waals surface area contributed by atoms with Crippen molar-refractivity contribution in [3.63, 3.8) is 0 Å². The fourth-order valence-electron chi connectivity index (χ4n) is 4.43. The summed E-state index contributed by atoms with van der Waals surface area (Å²) in [5.74, 6) is 0.950. The Morgan fingerprint density at radius 3 is 2.43 bits per heavy atom. The van der Waals surface area contributed by atoms with Gasteiger partial charge in [0.25, 0.3) is 5.56 Å². The number of hydrogen-bond acceptors (Lipinski definition) is 5. The normalized spacial score (nSPS) is 11.4. The van der Waals surface area contributed by atoms with Crippen LogP contribution < -0.4 is 15.0 Å². The van der Waals surface area contributed by atoms with Crippen LogP contribution in [0.5, 0.6) is 11.5 Å². The van der Waals surface area contributed by atoms with Crippen LogP contribution in [0.2, 0.25) is 0 Å². The van der Waals surface area contributed by atoms with Crippen LogP contribution in [-0.2, 0) is 16.1 Å². The predicted molar refractivity (Wildman–Crippen MR) is 147 cm³/mol. The van der Waals surface area contributed by atoms with Crippen molar-refractivity contribution in [3.05, 3.63) is 99.5 Å². The van der Waals surface area contributed by atoms with Gasteiger partial charge in [-0.3, -0.25) is 4.79 Å². The molecule has 0 amide bonds. The molecule has 0 saturated heterocycles. The molecule has 0 aliphatic rings. The molecule has 4 aromatic rings. The molecule has 3 aromatic carbocycles. The predicted octanol–water partition coefficient (Wildman–Crippen LogP) is 6.01. The molecule has 0 aliphatic carbocycles.